The number of hydrogen-bond donors (Lipinski definition) is 1. The molecule has 8 heavy (non-hydrogen) atoms. The molecule has 1 N–H and O–H groups in total. The Labute approximate surface area is 61.3 Å². The van der Waals surface area contributed by atoms with Crippen molar-refractivity contribution in [3.05, 3.63) is 0 Å². The van der Waals surface area contributed by atoms with Gasteiger partial charge in [0.05, 0.1) is 0 Å². The van der Waals surface area contributed by atoms with Gasteiger partial charge in [0.15, 0.2) is 25.4 Å². The van der Waals surface area contributed by atoms with E-state index < -0.39 is 8.03 Å². The summed E-state index contributed by atoms with van der Waals surface area (Å²) < 4.78 is 10.1. The molecule has 0 spiro atoms. The SMILES string of the molecule is CCC(C)[PH](=O)O.[AlH3]. The average molecular weight is 152 g/mol. The Morgan fingerprint density at radius 2 is 2.12 bits per heavy atom. The van der Waals surface area contributed by atoms with Crippen LogP contribution in [0.25, 0.3) is 0 Å². The van der Waals surface area contributed by atoms with Crippen LogP contribution in [0, 0.1) is 0 Å². The third kappa shape index (κ3) is 4.87. The molecule has 2 atom stereocenters. The van der Waals surface area contributed by atoms with E-state index >= 15 is 0 Å². The van der Waals surface area contributed by atoms with Gasteiger partial charge in [0.2, 0.25) is 0 Å². The van der Waals surface area contributed by atoms with Gasteiger partial charge in [-0.25, -0.2) is 0 Å². The van der Waals surface area contributed by atoms with Gasteiger partial charge in [0.1, 0.15) is 0 Å². The van der Waals surface area contributed by atoms with Crippen LogP contribution in [0.4, 0.5) is 0 Å². The Kier molecular flexibility index (Phi) is 8.42. The van der Waals surface area contributed by atoms with E-state index in [4.69, 9.17) is 4.89 Å². The first-order valence-corrected chi connectivity index (χ1v) is 3.84. The summed E-state index contributed by atoms with van der Waals surface area (Å²) in [5.41, 5.74) is 0.00463. The number of hydrogen-bond acceptors (Lipinski definition) is 1. The normalized spacial score (nSPS) is 16.4. The molecule has 0 bridgehead atoms. The minimum absolute atomic E-state index is 0. The molecule has 0 fully saturated rings. The standard InChI is InChI=1S/C4H11O2P.Al.3H/c1-3-4(2)7(5)6;;;;/h4,7H,3H2,1-2H3,(H,5,6);;;;. The summed E-state index contributed by atoms with van der Waals surface area (Å²) in [6.07, 6.45) is 0.800. The Bertz CT molecular complexity index is 76.4. The van der Waals surface area contributed by atoms with Gasteiger partial charge in [-0.05, 0) is 6.42 Å². The second-order valence-corrected chi connectivity index (χ2v) is 3.31. The third-order valence-corrected chi connectivity index (χ3v) is 2.29. The molecule has 0 aliphatic heterocycles. The molecule has 0 saturated heterocycles. The molecule has 0 amide bonds. The molecular weight excluding hydrogens is 138 g/mol. The summed E-state index contributed by atoms with van der Waals surface area (Å²) in [5.74, 6) is 0. The van der Waals surface area contributed by atoms with Crippen LogP contribution in [0.1, 0.15) is 20.3 Å². The smallest absolute Gasteiger partial charge is 0.191 e. The molecule has 0 saturated carbocycles. The van der Waals surface area contributed by atoms with Crippen molar-refractivity contribution in [2.75, 3.05) is 0 Å². The average Bonchev–Trinajstić information content (AvgIpc) is 1.65. The van der Waals surface area contributed by atoms with Crippen LogP contribution in [0.3, 0.4) is 0 Å². The highest BCUT2D eigenvalue weighted by molar-refractivity contribution is 7.38. The predicted molar refractivity (Wildman–Crippen MR) is 40.9 cm³/mol. The fourth-order valence-corrected chi connectivity index (χ4v) is 0.524. The van der Waals surface area contributed by atoms with E-state index in [-0.39, 0.29) is 23.0 Å². The topological polar surface area (TPSA) is 37.3 Å². The monoisotopic (exact) mass is 152 g/mol. The molecule has 4 heteroatoms. The Balaban J connectivity index is 0. The van der Waals surface area contributed by atoms with E-state index in [1.165, 1.54) is 0 Å². The summed E-state index contributed by atoms with van der Waals surface area (Å²) in [4.78, 5) is 8.37. The largest absolute Gasteiger partial charge is 0.346 e. The molecule has 0 aromatic rings. The quantitative estimate of drug-likeness (QED) is 0.449. The molecule has 0 aromatic carbocycles. The van der Waals surface area contributed by atoms with Crippen molar-refractivity contribution < 1.29 is 9.46 Å². The van der Waals surface area contributed by atoms with Crippen molar-refractivity contribution in [1.29, 1.82) is 0 Å². The van der Waals surface area contributed by atoms with Crippen LogP contribution in [0.15, 0.2) is 0 Å². The Hall–Kier alpha value is 0.722. The van der Waals surface area contributed by atoms with Crippen LogP contribution in [0.2, 0.25) is 0 Å². The van der Waals surface area contributed by atoms with Crippen LogP contribution in [0.5, 0.6) is 0 Å². The molecule has 0 rings (SSSR count). The van der Waals surface area contributed by atoms with Gasteiger partial charge in [0.25, 0.3) is 0 Å². The first kappa shape index (κ1) is 11.5. The van der Waals surface area contributed by atoms with E-state index in [9.17, 15) is 4.57 Å². The van der Waals surface area contributed by atoms with E-state index in [0.717, 1.165) is 6.42 Å². The lowest BCUT2D eigenvalue weighted by Crippen LogP contribution is -1.89. The van der Waals surface area contributed by atoms with Crippen LogP contribution >= 0.6 is 8.03 Å². The van der Waals surface area contributed by atoms with Crippen molar-refractivity contribution in [3.63, 3.8) is 0 Å². The van der Waals surface area contributed by atoms with Gasteiger partial charge >= 0.3 is 0 Å². The summed E-state index contributed by atoms with van der Waals surface area (Å²) in [7, 11) is -2.21. The molecular formula is C4H14AlO2P. The zero-order valence-electron chi connectivity index (χ0n) is 4.64. The predicted octanol–water partition coefficient (Wildman–Crippen LogP) is 0.0680. The molecule has 0 aliphatic rings. The molecule has 0 radical (unpaired) electrons. The highest BCUT2D eigenvalue weighted by Crippen LogP contribution is 2.23. The molecule has 2 unspecified atom stereocenters. The second kappa shape index (κ2) is 5.85. The van der Waals surface area contributed by atoms with Gasteiger partial charge in [-0.1, -0.05) is 13.8 Å². The van der Waals surface area contributed by atoms with Crippen molar-refractivity contribution in [1.82, 2.24) is 0 Å². The van der Waals surface area contributed by atoms with Crippen molar-refractivity contribution in [2.24, 2.45) is 0 Å². The van der Waals surface area contributed by atoms with Crippen LogP contribution in [-0.4, -0.2) is 27.9 Å². The molecule has 0 aromatic heterocycles. The van der Waals surface area contributed by atoms with Gasteiger partial charge < -0.3 is 4.89 Å². The van der Waals surface area contributed by atoms with E-state index in [1.807, 2.05) is 6.92 Å². The van der Waals surface area contributed by atoms with E-state index in [1.54, 1.807) is 6.92 Å². The Morgan fingerprint density at radius 3 is 2.12 bits per heavy atom. The van der Waals surface area contributed by atoms with Crippen molar-refractivity contribution in [2.45, 2.75) is 25.9 Å². The lowest BCUT2D eigenvalue weighted by molar-refractivity contribution is 0.490. The van der Waals surface area contributed by atoms with E-state index in [0.29, 0.717) is 0 Å². The zero-order valence-corrected chi connectivity index (χ0v) is 5.64. The summed E-state index contributed by atoms with van der Waals surface area (Å²) in [5, 5.41) is 0. The van der Waals surface area contributed by atoms with Gasteiger partial charge in [0, 0.05) is 5.66 Å². The first-order chi connectivity index (χ1) is 3.18. The zero-order chi connectivity index (χ0) is 5.86. The van der Waals surface area contributed by atoms with Crippen LogP contribution in [-0.2, 0) is 4.57 Å². The van der Waals surface area contributed by atoms with E-state index in [2.05, 4.69) is 0 Å². The maximum Gasteiger partial charge on any atom is 0.191 e. The summed E-state index contributed by atoms with van der Waals surface area (Å²) in [6.45, 7) is 3.69. The minimum Gasteiger partial charge on any atom is -0.346 e. The van der Waals surface area contributed by atoms with Gasteiger partial charge in [-0.15, -0.1) is 0 Å². The summed E-state index contributed by atoms with van der Waals surface area (Å²) in [6, 6.07) is 0. The lowest BCUT2D eigenvalue weighted by Gasteiger charge is -1.98. The highest BCUT2D eigenvalue weighted by Gasteiger charge is 2.01. The molecule has 2 nitrogen and oxygen atoms in total. The third-order valence-electron chi connectivity index (χ3n) is 1.03. The number of rotatable bonds is 2. The fraction of sp³-hybridized carbons (Fsp3) is 1.00. The Morgan fingerprint density at radius 1 is 1.75 bits per heavy atom. The molecule has 50 valence electrons. The lowest BCUT2D eigenvalue weighted by atomic mass is 10.4. The van der Waals surface area contributed by atoms with Gasteiger partial charge in [-0.3, -0.25) is 4.57 Å². The first-order valence-electron chi connectivity index (χ1n) is 2.41. The maximum absolute atomic E-state index is 10.1. The maximum atomic E-state index is 10.1. The summed E-state index contributed by atoms with van der Waals surface area (Å²) >= 11 is 0. The van der Waals surface area contributed by atoms with Gasteiger partial charge in [-0.2, -0.15) is 0 Å². The molecule has 0 aliphatic carbocycles. The highest BCUT2D eigenvalue weighted by atomic mass is 31.1. The van der Waals surface area contributed by atoms with Crippen LogP contribution < -0.4 is 0 Å². The van der Waals surface area contributed by atoms with Crippen molar-refractivity contribution >= 4 is 25.4 Å². The molecule has 0 heterocycles. The second-order valence-electron chi connectivity index (χ2n) is 1.65. The minimum atomic E-state index is -2.21. The fourth-order valence-electron chi connectivity index (χ4n) is 0.175. The van der Waals surface area contributed by atoms with Crippen molar-refractivity contribution in [3.8, 4) is 0 Å².